The monoisotopic (exact) mass is 315 g/mol. The lowest BCUT2D eigenvalue weighted by atomic mass is 10.1. The molecule has 2 nitrogen and oxygen atoms in total. The fraction of sp³-hybridized carbons (Fsp3) is 0.857. The highest BCUT2D eigenvalue weighted by Gasteiger charge is 2.74. The van der Waals surface area contributed by atoms with E-state index in [9.17, 15) is 31.1 Å². The maximum atomic E-state index is 12.3. The topological polar surface area (TPSA) is 29.1 Å². The predicted octanol–water partition coefficient (Wildman–Crippen LogP) is 2.77. The molecule has 9 heteroatoms. The van der Waals surface area contributed by atoms with Crippen LogP contribution in [0.4, 0.5) is 26.3 Å². The molecule has 0 rings (SSSR count). The molecule has 0 bridgehead atoms. The van der Waals surface area contributed by atoms with Crippen molar-refractivity contribution in [1.29, 1.82) is 0 Å². The summed E-state index contributed by atoms with van der Waals surface area (Å²) in [6, 6.07) is 0. The van der Waals surface area contributed by atoms with Gasteiger partial charge in [0.2, 0.25) is 0 Å². The second-order valence-electron chi connectivity index (χ2n) is 2.91. The Kier molecular flexibility index (Phi) is 4.66. The SMILES string of the molecule is CCCNC(=O)C(Br)(C(F)(F)F)C(F)(F)F. The Bertz CT molecular complexity index is 247. The Balaban J connectivity index is 5.19. The van der Waals surface area contributed by atoms with Crippen molar-refractivity contribution in [2.24, 2.45) is 0 Å². The molecule has 0 spiro atoms. The van der Waals surface area contributed by atoms with E-state index in [4.69, 9.17) is 0 Å². The highest BCUT2D eigenvalue weighted by molar-refractivity contribution is 9.10. The van der Waals surface area contributed by atoms with E-state index in [-0.39, 0.29) is 13.0 Å². The van der Waals surface area contributed by atoms with Crippen molar-refractivity contribution in [3.63, 3.8) is 0 Å². The van der Waals surface area contributed by atoms with Crippen LogP contribution >= 0.6 is 15.9 Å². The van der Waals surface area contributed by atoms with E-state index >= 15 is 0 Å². The zero-order valence-electron chi connectivity index (χ0n) is 7.97. The number of carbonyl (C=O) groups excluding carboxylic acids is 1. The van der Waals surface area contributed by atoms with E-state index in [0.717, 1.165) is 0 Å². The van der Waals surface area contributed by atoms with Crippen LogP contribution < -0.4 is 5.32 Å². The van der Waals surface area contributed by atoms with E-state index in [1.165, 1.54) is 22.9 Å². The standard InChI is InChI=1S/C7H8BrF6NO/c1-2-3-15-4(16)5(8,6(9,10)11)7(12,13)14/h2-3H2,1H3,(H,15,16). The molecule has 0 heterocycles. The third kappa shape index (κ3) is 2.80. The third-order valence-electron chi connectivity index (χ3n) is 1.63. The quantitative estimate of drug-likeness (QED) is 0.630. The van der Waals surface area contributed by atoms with Gasteiger partial charge in [0, 0.05) is 6.54 Å². The number of nitrogens with one attached hydrogen (secondary N) is 1. The molecule has 0 aromatic heterocycles. The second-order valence-corrected chi connectivity index (χ2v) is 4.10. The lowest BCUT2D eigenvalue weighted by Gasteiger charge is -2.30. The molecule has 0 aliphatic rings. The van der Waals surface area contributed by atoms with E-state index in [0.29, 0.717) is 0 Å². The van der Waals surface area contributed by atoms with Gasteiger partial charge < -0.3 is 5.32 Å². The molecule has 1 amide bonds. The maximum Gasteiger partial charge on any atom is 0.421 e. The van der Waals surface area contributed by atoms with Crippen molar-refractivity contribution in [3.05, 3.63) is 0 Å². The number of rotatable bonds is 3. The zero-order valence-corrected chi connectivity index (χ0v) is 9.55. The van der Waals surface area contributed by atoms with Crippen LogP contribution in [0, 0.1) is 0 Å². The van der Waals surface area contributed by atoms with Gasteiger partial charge in [-0.05, 0) is 6.42 Å². The van der Waals surface area contributed by atoms with Crippen LogP contribution in [0.25, 0.3) is 0 Å². The van der Waals surface area contributed by atoms with Gasteiger partial charge in [-0.25, -0.2) is 0 Å². The Morgan fingerprint density at radius 3 is 1.75 bits per heavy atom. The first-order valence-electron chi connectivity index (χ1n) is 4.09. The van der Waals surface area contributed by atoms with Gasteiger partial charge in [-0.1, -0.05) is 22.9 Å². The highest BCUT2D eigenvalue weighted by Crippen LogP contribution is 2.49. The number of carbonyl (C=O) groups is 1. The molecule has 0 aliphatic heterocycles. The molecule has 0 atom stereocenters. The smallest absolute Gasteiger partial charge is 0.354 e. The molecular formula is C7H8BrF6NO. The summed E-state index contributed by atoms with van der Waals surface area (Å²) >= 11 is 1.46. The van der Waals surface area contributed by atoms with Crippen molar-refractivity contribution in [2.45, 2.75) is 30.0 Å². The summed E-state index contributed by atoms with van der Waals surface area (Å²) in [4.78, 5) is 10.9. The van der Waals surface area contributed by atoms with Crippen LogP contribution in [-0.2, 0) is 4.79 Å². The number of hydrogen-bond acceptors (Lipinski definition) is 1. The molecule has 0 fully saturated rings. The molecule has 1 N–H and O–H groups in total. The van der Waals surface area contributed by atoms with Crippen molar-refractivity contribution in [1.82, 2.24) is 5.32 Å². The van der Waals surface area contributed by atoms with E-state index in [1.54, 1.807) is 5.32 Å². The minimum atomic E-state index is -5.76. The van der Waals surface area contributed by atoms with Crippen LogP contribution in [-0.4, -0.2) is 29.1 Å². The highest BCUT2D eigenvalue weighted by atomic mass is 79.9. The van der Waals surface area contributed by atoms with Crippen LogP contribution in [0.5, 0.6) is 0 Å². The van der Waals surface area contributed by atoms with Gasteiger partial charge in [0.15, 0.2) is 0 Å². The van der Waals surface area contributed by atoms with Crippen LogP contribution in [0.15, 0.2) is 0 Å². The Morgan fingerprint density at radius 1 is 1.12 bits per heavy atom. The van der Waals surface area contributed by atoms with Gasteiger partial charge in [-0.3, -0.25) is 4.79 Å². The lowest BCUT2D eigenvalue weighted by Crippen LogP contribution is -2.61. The summed E-state index contributed by atoms with van der Waals surface area (Å²) in [5.74, 6) is -2.16. The van der Waals surface area contributed by atoms with Crippen molar-refractivity contribution in [2.75, 3.05) is 6.54 Å². The molecule has 0 aromatic carbocycles. The van der Waals surface area contributed by atoms with Gasteiger partial charge in [-0.15, -0.1) is 0 Å². The van der Waals surface area contributed by atoms with Crippen molar-refractivity contribution in [3.8, 4) is 0 Å². The van der Waals surface area contributed by atoms with E-state index in [1.807, 2.05) is 0 Å². The number of hydrogen-bond donors (Lipinski definition) is 1. The second kappa shape index (κ2) is 4.80. The number of alkyl halides is 7. The fourth-order valence-corrected chi connectivity index (χ4v) is 0.919. The molecule has 0 unspecified atom stereocenters. The van der Waals surface area contributed by atoms with Gasteiger partial charge >= 0.3 is 12.4 Å². The van der Waals surface area contributed by atoms with Gasteiger partial charge in [0.25, 0.3) is 10.2 Å². The number of halogens is 7. The molecular weight excluding hydrogens is 308 g/mol. The molecule has 16 heavy (non-hydrogen) atoms. The summed E-state index contributed by atoms with van der Waals surface area (Å²) in [7, 11) is 0. The molecule has 96 valence electrons. The van der Waals surface area contributed by atoms with Crippen LogP contribution in [0.3, 0.4) is 0 Å². The first-order chi connectivity index (χ1) is 6.98. The largest absolute Gasteiger partial charge is 0.421 e. The summed E-state index contributed by atoms with van der Waals surface area (Å²) in [5.41, 5.74) is 0. The van der Waals surface area contributed by atoms with Gasteiger partial charge in [0.05, 0.1) is 0 Å². The maximum absolute atomic E-state index is 12.3. The molecule has 0 saturated heterocycles. The molecule has 0 radical (unpaired) electrons. The minimum Gasteiger partial charge on any atom is -0.354 e. The Hall–Kier alpha value is -0.470. The molecule has 0 aliphatic carbocycles. The summed E-state index contributed by atoms with van der Waals surface area (Å²) in [6.45, 7) is 1.23. The lowest BCUT2D eigenvalue weighted by molar-refractivity contribution is -0.254. The number of amides is 1. The summed E-state index contributed by atoms with van der Waals surface area (Å²) in [6.07, 6.45) is -11.3. The Morgan fingerprint density at radius 2 is 1.50 bits per heavy atom. The first kappa shape index (κ1) is 15.5. The van der Waals surface area contributed by atoms with Gasteiger partial charge in [0.1, 0.15) is 0 Å². The Labute approximate surface area is 95.5 Å². The first-order valence-corrected chi connectivity index (χ1v) is 4.88. The zero-order chi connectivity index (χ0) is 13.2. The van der Waals surface area contributed by atoms with E-state index in [2.05, 4.69) is 0 Å². The normalized spacial score (nSPS) is 13.8. The third-order valence-corrected chi connectivity index (χ3v) is 2.89. The average molecular weight is 316 g/mol. The van der Waals surface area contributed by atoms with Crippen LogP contribution in [0.1, 0.15) is 13.3 Å². The van der Waals surface area contributed by atoms with E-state index < -0.39 is 22.6 Å². The minimum absolute atomic E-state index is 0.227. The predicted molar refractivity (Wildman–Crippen MR) is 47.1 cm³/mol. The summed E-state index contributed by atoms with van der Waals surface area (Å²) in [5, 5.41) is 1.56. The van der Waals surface area contributed by atoms with Crippen LogP contribution in [0.2, 0.25) is 0 Å². The molecule has 0 saturated carbocycles. The summed E-state index contributed by atoms with van der Waals surface area (Å²) < 4.78 is 68.9. The van der Waals surface area contributed by atoms with Crippen molar-refractivity contribution >= 4 is 21.8 Å². The van der Waals surface area contributed by atoms with Crippen molar-refractivity contribution < 1.29 is 31.1 Å². The molecule has 0 aromatic rings. The fourth-order valence-electron chi connectivity index (χ4n) is 0.779. The average Bonchev–Trinajstić information content (AvgIpc) is 2.08. The van der Waals surface area contributed by atoms with Gasteiger partial charge in [-0.2, -0.15) is 26.3 Å².